The van der Waals surface area contributed by atoms with Gasteiger partial charge >= 0.3 is 24.4 Å². The van der Waals surface area contributed by atoms with Gasteiger partial charge in [0.25, 0.3) is 0 Å². The van der Waals surface area contributed by atoms with Gasteiger partial charge in [0.2, 0.25) is 0 Å². The number of hydrogen-bond acceptors (Lipinski definition) is 5. The Kier molecular flexibility index (Phi) is 9.43. The van der Waals surface area contributed by atoms with Crippen LogP contribution in [0.4, 0.5) is 39.9 Å². The van der Waals surface area contributed by atoms with Crippen molar-refractivity contribution in [1.29, 1.82) is 0 Å². The Morgan fingerprint density at radius 3 is 2.18 bits per heavy atom. The molecule has 1 N–H and O–H groups in total. The van der Waals surface area contributed by atoms with Crippen LogP contribution in [0.3, 0.4) is 0 Å². The first kappa shape index (κ1) is 36.6. The highest BCUT2D eigenvalue weighted by Crippen LogP contribution is 2.50. The molecule has 0 bridgehead atoms. The summed E-state index contributed by atoms with van der Waals surface area (Å²) in [7, 11) is 1.37. The number of hydrogen-bond donors (Lipinski definition) is 1. The minimum Gasteiger partial charge on any atom is -0.495 e. The van der Waals surface area contributed by atoms with Crippen LogP contribution in [0.15, 0.2) is 48.2 Å². The van der Waals surface area contributed by atoms with Crippen LogP contribution < -0.4 is 4.74 Å². The third kappa shape index (κ3) is 6.73. The SMILES string of the molecule is COc1cnc(-c2ccc(C(=O)O)c(F)c2F)cc1C1=C(CN2C(=O)O[C@H](c3cc(C(F)(F)F)cc(C(F)(F)F)c3)[C@@H]2C)C(C)C(C)(C)CC1. The molecule has 3 atom stereocenters. The maximum atomic E-state index is 15.1. The zero-order chi connectivity index (χ0) is 37.1. The van der Waals surface area contributed by atoms with E-state index >= 15 is 4.39 Å². The molecule has 1 aromatic heterocycles. The molecule has 1 aliphatic heterocycles. The maximum Gasteiger partial charge on any atom is 0.416 e. The molecular formula is C35H32F8N2O5. The number of halogens is 8. The Morgan fingerprint density at radius 2 is 1.62 bits per heavy atom. The summed E-state index contributed by atoms with van der Waals surface area (Å²) < 4.78 is 122. The second-order valence-electron chi connectivity index (χ2n) is 13.1. The standard InChI is InChI=1S/C35H32F8N2O5/c1-16-25(15-45-17(2)30(50-32(45)48)18-10-19(34(38,39)40)12-20(11-18)35(41,42)43)21(8-9-33(16,3)4)24-13-26(44-14-27(24)49-5)22-6-7-23(31(46)47)29(37)28(22)36/h6-7,10-14,16-17,30H,8-9,15H2,1-5H3,(H,46,47)/t16?,17-,30-/m0/s1. The number of carbonyl (C=O) groups is 2. The smallest absolute Gasteiger partial charge is 0.416 e. The van der Waals surface area contributed by atoms with Crippen molar-refractivity contribution in [1.82, 2.24) is 9.88 Å². The summed E-state index contributed by atoms with van der Waals surface area (Å²) >= 11 is 0. The summed E-state index contributed by atoms with van der Waals surface area (Å²) in [5, 5.41) is 9.18. The van der Waals surface area contributed by atoms with Gasteiger partial charge in [0, 0.05) is 17.7 Å². The number of allylic oxidation sites excluding steroid dienone is 1. The van der Waals surface area contributed by atoms with Crippen LogP contribution in [0.5, 0.6) is 5.75 Å². The number of amides is 1. The van der Waals surface area contributed by atoms with Crippen molar-refractivity contribution >= 4 is 17.6 Å². The fourth-order valence-electron chi connectivity index (χ4n) is 6.48. The number of carbonyl (C=O) groups excluding carboxylic acids is 1. The summed E-state index contributed by atoms with van der Waals surface area (Å²) in [6.45, 7) is 7.25. The summed E-state index contributed by atoms with van der Waals surface area (Å²) in [6, 6.07) is 3.53. The predicted molar refractivity (Wildman–Crippen MR) is 164 cm³/mol. The van der Waals surface area contributed by atoms with Gasteiger partial charge in [-0.25, -0.2) is 18.4 Å². The van der Waals surface area contributed by atoms with Crippen molar-refractivity contribution in [2.24, 2.45) is 11.3 Å². The third-order valence-electron chi connectivity index (χ3n) is 9.77. The molecule has 2 aliphatic rings. The lowest BCUT2D eigenvalue weighted by molar-refractivity contribution is -0.143. The van der Waals surface area contributed by atoms with Gasteiger partial charge in [0.1, 0.15) is 11.9 Å². The summed E-state index contributed by atoms with van der Waals surface area (Å²) in [6.07, 6.45) is -10.3. The van der Waals surface area contributed by atoms with Crippen molar-refractivity contribution in [2.45, 2.75) is 65.0 Å². The van der Waals surface area contributed by atoms with Crippen LogP contribution in [0, 0.1) is 23.0 Å². The van der Waals surface area contributed by atoms with Crippen LogP contribution in [0.2, 0.25) is 0 Å². The Morgan fingerprint density at radius 1 is 1.00 bits per heavy atom. The highest BCUT2D eigenvalue weighted by Gasteiger charge is 2.45. The number of rotatable bonds is 7. The second kappa shape index (κ2) is 12.9. The molecule has 2 heterocycles. The van der Waals surface area contributed by atoms with Crippen molar-refractivity contribution < 1.29 is 59.3 Å². The molecule has 268 valence electrons. The van der Waals surface area contributed by atoms with Gasteiger partial charge in [-0.15, -0.1) is 0 Å². The monoisotopic (exact) mass is 712 g/mol. The fraction of sp³-hybridized carbons (Fsp3) is 0.400. The zero-order valence-corrected chi connectivity index (χ0v) is 27.4. The van der Waals surface area contributed by atoms with Crippen molar-refractivity contribution in [3.8, 4) is 17.0 Å². The highest BCUT2D eigenvalue weighted by atomic mass is 19.4. The first-order chi connectivity index (χ1) is 23.1. The van der Waals surface area contributed by atoms with Gasteiger partial charge in [0.05, 0.1) is 41.7 Å². The molecule has 1 amide bonds. The molecule has 5 rings (SSSR count). The van der Waals surface area contributed by atoms with Gasteiger partial charge in [-0.05, 0) is 84.2 Å². The number of aromatic carboxylic acids is 1. The first-order valence-electron chi connectivity index (χ1n) is 15.4. The third-order valence-corrected chi connectivity index (χ3v) is 9.77. The largest absolute Gasteiger partial charge is 0.495 e. The molecule has 1 saturated heterocycles. The van der Waals surface area contributed by atoms with E-state index < -0.39 is 70.4 Å². The van der Waals surface area contributed by atoms with E-state index in [2.05, 4.69) is 4.98 Å². The minimum absolute atomic E-state index is 0.00269. The number of nitrogens with zero attached hydrogens (tertiary/aromatic N) is 2. The van der Waals surface area contributed by atoms with E-state index in [1.165, 1.54) is 31.2 Å². The minimum atomic E-state index is -5.10. The van der Waals surface area contributed by atoms with Gasteiger partial charge < -0.3 is 14.6 Å². The number of aromatic nitrogens is 1. The Balaban J connectivity index is 1.60. The van der Waals surface area contributed by atoms with Crippen molar-refractivity contribution in [3.63, 3.8) is 0 Å². The number of carboxylic acid groups (broad SMARTS) is 1. The summed E-state index contributed by atoms with van der Waals surface area (Å²) in [4.78, 5) is 30.1. The molecule has 50 heavy (non-hydrogen) atoms. The molecule has 0 spiro atoms. The number of cyclic esters (lactones) is 1. The highest BCUT2D eigenvalue weighted by molar-refractivity contribution is 5.89. The average Bonchev–Trinajstić information content (AvgIpc) is 3.31. The first-order valence-corrected chi connectivity index (χ1v) is 15.4. The van der Waals surface area contributed by atoms with E-state index in [0.717, 1.165) is 12.1 Å². The molecular weight excluding hydrogens is 680 g/mol. The van der Waals surface area contributed by atoms with Crippen LogP contribution in [-0.4, -0.2) is 46.7 Å². The lowest BCUT2D eigenvalue weighted by atomic mass is 9.65. The van der Waals surface area contributed by atoms with Gasteiger partial charge in [0.15, 0.2) is 11.6 Å². The van der Waals surface area contributed by atoms with Crippen LogP contribution in [-0.2, 0) is 17.1 Å². The number of alkyl halides is 6. The van der Waals surface area contributed by atoms with Crippen molar-refractivity contribution in [3.05, 3.63) is 87.6 Å². The summed E-state index contributed by atoms with van der Waals surface area (Å²) in [5.41, 5.74) is -3.35. The molecule has 3 aromatic rings. The molecule has 1 unspecified atom stereocenters. The van der Waals surface area contributed by atoms with E-state index in [0.29, 0.717) is 41.7 Å². The molecule has 7 nitrogen and oxygen atoms in total. The Bertz CT molecular complexity index is 1850. The number of carboxylic acids is 1. The van der Waals surface area contributed by atoms with Crippen LogP contribution in [0.1, 0.15) is 79.3 Å². The molecule has 2 aromatic carbocycles. The van der Waals surface area contributed by atoms with E-state index in [9.17, 15) is 45.4 Å². The average molecular weight is 713 g/mol. The topological polar surface area (TPSA) is 89.0 Å². The summed E-state index contributed by atoms with van der Waals surface area (Å²) in [5.74, 6) is -4.66. The maximum absolute atomic E-state index is 15.1. The number of methoxy groups -OCH3 is 1. The Hall–Kier alpha value is -4.69. The number of benzene rings is 2. The van der Waals surface area contributed by atoms with E-state index in [1.807, 2.05) is 20.8 Å². The Labute approximate surface area is 281 Å². The van der Waals surface area contributed by atoms with Gasteiger partial charge in [-0.2, -0.15) is 26.3 Å². The molecule has 1 fully saturated rings. The van der Waals surface area contributed by atoms with Crippen LogP contribution in [0.25, 0.3) is 16.8 Å². The predicted octanol–water partition coefficient (Wildman–Crippen LogP) is 9.56. The number of ether oxygens (including phenoxy) is 2. The zero-order valence-electron chi connectivity index (χ0n) is 27.4. The van der Waals surface area contributed by atoms with Gasteiger partial charge in [-0.3, -0.25) is 9.88 Å². The fourth-order valence-corrected chi connectivity index (χ4v) is 6.48. The normalized spacial score (nSPS) is 21.0. The van der Waals surface area contributed by atoms with Crippen LogP contribution >= 0.6 is 0 Å². The molecule has 0 saturated carbocycles. The van der Waals surface area contributed by atoms with E-state index in [-0.39, 0.29) is 41.0 Å². The lowest BCUT2D eigenvalue weighted by Crippen LogP contribution is -2.38. The van der Waals surface area contributed by atoms with E-state index in [1.54, 1.807) is 0 Å². The lowest BCUT2D eigenvalue weighted by Gasteiger charge is -2.41. The molecule has 0 radical (unpaired) electrons. The quantitative estimate of drug-likeness (QED) is 0.246. The molecule has 15 heteroatoms. The van der Waals surface area contributed by atoms with Gasteiger partial charge in [-0.1, -0.05) is 20.8 Å². The molecule has 1 aliphatic carbocycles. The number of pyridine rings is 1. The van der Waals surface area contributed by atoms with E-state index in [4.69, 9.17) is 9.47 Å². The second-order valence-corrected chi connectivity index (χ2v) is 13.1. The van der Waals surface area contributed by atoms with Crippen molar-refractivity contribution in [2.75, 3.05) is 13.7 Å².